The molecule has 1 aromatic heterocycles. The van der Waals surface area contributed by atoms with E-state index in [0.717, 1.165) is 22.8 Å². The quantitative estimate of drug-likeness (QED) is 0.504. The number of hydrogen-bond donors (Lipinski definition) is 0. The molecule has 0 bridgehead atoms. The fourth-order valence-corrected chi connectivity index (χ4v) is 3.29. The Morgan fingerprint density at radius 3 is 2.48 bits per heavy atom. The van der Waals surface area contributed by atoms with Crippen molar-refractivity contribution in [3.8, 4) is 0 Å². The van der Waals surface area contributed by atoms with E-state index < -0.39 is 5.41 Å². The van der Waals surface area contributed by atoms with Crippen LogP contribution in [0.5, 0.6) is 0 Å². The molecule has 0 aliphatic carbocycles. The van der Waals surface area contributed by atoms with E-state index >= 15 is 0 Å². The lowest BCUT2D eigenvalue weighted by Gasteiger charge is -2.37. The van der Waals surface area contributed by atoms with Gasteiger partial charge in [-0.1, -0.05) is 37.6 Å². The van der Waals surface area contributed by atoms with Crippen LogP contribution < -0.4 is 0 Å². The highest BCUT2D eigenvalue weighted by Gasteiger charge is 2.34. The summed E-state index contributed by atoms with van der Waals surface area (Å²) >= 11 is 12.2. The smallest absolute Gasteiger partial charge is 0.230 e. The summed E-state index contributed by atoms with van der Waals surface area (Å²) in [6, 6.07) is 12.1. The van der Waals surface area contributed by atoms with Crippen LogP contribution in [0.4, 0.5) is 0 Å². The third-order valence-electron chi connectivity index (χ3n) is 5.13. The minimum atomic E-state index is -0.588. The van der Waals surface area contributed by atoms with Crippen molar-refractivity contribution in [3.63, 3.8) is 0 Å². The van der Waals surface area contributed by atoms with Crippen LogP contribution in [0.3, 0.4) is 0 Å². The van der Waals surface area contributed by atoms with Crippen LogP contribution in [0, 0.1) is 11.3 Å². The molecule has 1 aromatic carbocycles. The van der Waals surface area contributed by atoms with Gasteiger partial charge in [-0.05, 0) is 56.5 Å². The van der Waals surface area contributed by atoms with Gasteiger partial charge in [-0.15, -0.1) is 11.6 Å². The first-order valence-electron chi connectivity index (χ1n) is 9.41. The Morgan fingerprint density at radius 1 is 1.19 bits per heavy atom. The summed E-state index contributed by atoms with van der Waals surface area (Å²) in [6.07, 6.45) is 2.05. The molecule has 1 atom stereocenters. The van der Waals surface area contributed by atoms with Gasteiger partial charge in [0, 0.05) is 35.4 Å². The van der Waals surface area contributed by atoms with Crippen molar-refractivity contribution in [2.75, 3.05) is 5.88 Å². The van der Waals surface area contributed by atoms with Crippen LogP contribution in [-0.4, -0.2) is 27.3 Å². The number of carbonyl (C=O) groups is 1. The zero-order valence-corrected chi connectivity index (χ0v) is 18.4. The van der Waals surface area contributed by atoms with Crippen molar-refractivity contribution in [2.24, 2.45) is 11.3 Å². The highest BCUT2D eigenvalue weighted by atomic mass is 35.5. The van der Waals surface area contributed by atoms with Crippen LogP contribution >= 0.6 is 23.2 Å². The average molecular weight is 409 g/mol. The third-order valence-corrected chi connectivity index (χ3v) is 6.03. The molecule has 1 unspecified atom stereocenters. The van der Waals surface area contributed by atoms with Crippen molar-refractivity contribution in [2.45, 2.75) is 53.8 Å². The zero-order chi connectivity index (χ0) is 20.2. The van der Waals surface area contributed by atoms with Gasteiger partial charge in [-0.2, -0.15) is 0 Å². The number of hydrogen-bond acceptors (Lipinski definition) is 1. The number of halogens is 2. The maximum atomic E-state index is 13.2. The second-order valence-corrected chi connectivity index (χ2v) is 8.90. The summed E-state index contributed by atoms with van der Waals surface area (Å²) in [6.45, 7) is 11.5. The van der Waals surface area contributed by atoms with Crippen molar-refractivity contribution < 1.29 is 4.79 Å². The Morgan fingerprint density at radius 2 is 1.89 bits per heavy atom. The first-order chi connectivity index (χ1) is 12.7. The fraction of sp³-hybridized carbons (Fsp3) is 0.500. The van der Waals surface area contributed by atoms with Crippen molar-refractivity contribution in [1.29, 1.82) is 0 Å². The summed E-state index contributed by atoms with van der Waals surface area (Å²) < 4.78 is 2.17. The molecule has 0 saturated carbocycles. The molecule has 5 heteroatoms. The van der Waals surface area contributed by atoms with Gasteiger partial charge in [0.2, 0.25) is 5.91 Å². The maximum absolute atomic E-state index is 13.2. The van der Waals surface area contributed by atoms with Gasteiger partial charge in [0.1, 0.15) is 0 Å². The predicted molar refractivity (Wildman–Crippen MR) is 114 cm³/mol. The van der Waals surface area contributed by atoms with Crippen molar-refractivity contribution >= 4 is 29.1 Å². The summed E-state index contributed by atoms with van der Waals surface area (Å²) in [4.78, 5) is 15.2. The molecule has 0 fully saturated rings. The summed E-state index contributed by atoms with van der Waals surface area (Å²) in [5, 5.41) is 0.732. The number of aromatic nitrogens is 1. The number of amides is 1. The normalized spacial score (nSPS) is 13.0. The molecule has 0 N–H and O–H groups in total. The number of nitrogens with zero attached hydrogens (tertiary/aromatic N) is 2. The molecule has 0 aliphatic heterocycles. The van der Waals surface area contributed by atoms with Crippen LogP contribution in [0.25, 0.3) is 0 Å². The van der Waals surface area contributed by atoms with Gasteiger partial charge < -0.3 is 9.47 Å². The minimum absolute atomic E-state index is 0.0919. The van der Waals surface area contributed by atoms with Gasteiger partial charge in [0.25, 0.3) is 0 Å². The number of alkyl halides is 1. The van der Waals surface area contributed by atoms with Gasteiger partial charge in [0.05, 0.1) is 12.0 Å². The minimum Gasteiger partial charge on any atom is -0.345 e. The van der Waals surface area contributed by atoms with Crippen LogP contribution in [0.1, 0.15) is 45.9 Å². The van der Waals surface area contributed by atoms with E-state index in [4.69, 9.17) is 23.2 Å². The van der Waals surface area contributed by atoms with Gasteiger partial charge in [-0.3, -0.25) is 4.79 Å². The van der Waals surface area contributed by atoms with E-state index in [2.05, 4.69) is 37.5 Å². The summed E-state index contributed by atoms with van der Waals surface area (Å²) in [5.41, 5.74) is 1.65. The third kappa shape index (κ3) is 5.52. The van der Waals surface area contributed by atoms with Crippen molar-refractivity contribution in [1.82, 2.24) is 9.47 Å². The summed E-state index contributed by atoms with van der Waals surface area (Å²) in [7, 11) is 0. The SMILES string of the molecule is CC(C)C(C)N(Cc1cccn1Cc1cccc(Cl)c1)C(=O)C(C)(C)CCl. The van der Waals surface area contributed by atoms with Crippen LogP contribution in [0.2, 0.25) is 5.02 Å². The maximum Gasteiger partial charge on any atom is 0.230 e. The Bertz CT molecular complexity index is 767. The molecule has 2 rings (SSSR count). The molecular weight excluding hydrogens is 379 g/mol. The molecular formula is C22H30Cl2N2O. The Labute approximate surface area is 173 Å². The lowest BCUT2D eigenvalue weighted by molar-refractivity contribution is -0.143. The number of benzene rings is 1. The van der Waals surface area contributed by atoms with E-state index in [-0.39, 0.29) is 11.9 Å². The molecule has 0 spiro atoms. The lowest BCUT2D eigenvalue weighted by Crippen LogP contribution is -2.48. The monoisotopic (exact) mass is 408 g/mol. The standard InChI is InChI=1S/C22H30Cl2N2O/c1-16(2)17(3)26(21(27)22(4,5)15-23)14-20-10-7-11-25(20)13-18-8-6-9-19(24)12-18/h6-12,16-17H,13-15H2,1-5H3. The second kappa shape index (κ2) is 9.16. The number of carbonyl (C=O) groups excluding carboxylic acids is 1. The van der Waals surface area contributed by atoms with Crippen LogP contribution in [-0.2, 0) is 17.9 Å². The molecule has 0 radical (unpaired) electrons. The molecule has 27 heavy (non-hydrogen) atoms. The highest BCUT2D eigenvalue weighted by Crippen LogP contribution is 2.26. The van der Waals surface area contributed by atoms with E-state index in [1.54, 1.807) is 0 Å². The predicted octanol–water partition coefficient (Wildman–Crippen LogP) is 5.83. The van der Waals surface area contributed by atoms with E-state index in [9.17, 15) is 4.79 Å². The lowest BCUT2D eigenvalue weighted by atomic mass is 9.92. The Balaban J connectivity index is 2.28. The van der Waals surface area contributed by atoms with Crippen molar-refractivity contribution in [3.05, 3.63) is 58.9 Å². The fourth-order valence-electron chi connectivity index (χ4n) is 2.96. The Hall–Kier alpha value is -1.45. The molecule has 0 aliphatic rings. The van der Waals surface area contributed by atoms with Gasteiger partial charge >= 0.3 is 0 Å². The zero-order valence-electron chi connectivity index (χ0n) is 16.9. The molecule has 1 heterocycles. The van der Waals surface area contributed by atoms with Gasteiger partial charge in [0.15, 0.2) is 0 Å². The largest absolute Gasteiger partial charge is 0.345 e. The Kier molecular flexibility index (Phi) is 7.41. The molecule has 1 amide bonds. The second-order valence-electron chi connectivity index (χ2n) is 8.19. The first-order valence-corrected chi connectivity index (χ1v) is 10.3. The average Bonchev–Trinajstić information content (AvgIpc) is 3.05. The van der Waals surface area contributed by atoms with E-state index in [1.807, 2.05) is 49.2 Å². The molecule has 148 valence electrons. The van der Waals surface area contributed by atoms with E-state index in [1.165, 1.54) is 0 Å². The molecule has 0 saturated heterocycles. The molecule has 2 aromatic rings. The first kappa shape index (κ1) is 21.8. The summed E-state index contributed by atoms with van der Waals surface area (Å²) in [5.74, 6) is 0.752. The highest BCUT2D eigenvalue weighted by molar-refractivity contribution is 6.30. The van der Waals surface area contributed by atoms with E-state index in [0.29, 0.717) is 18.3 Å². The topological polar surface area (TPSA) is 25.2 Å². The van der Waals surface area contributed by atoms with Gasteiger partial charge in [-0.25, -0.2) is 0 Å². The number of rotatable bonds is 8. The molecule has 3 nitrogen and oxygen atoms in total. The van der Waals surface area contributed by atoms with Crippen LogP contribution in [0.15, 0.2) is 42.6 Å².